The highest BCUT2D eigenvalue weighted by Crippen LogP contribution is 2.28. The van der Waals surface area contributed by atoms with Crippen molar-refractivity contribution in [2.75, 3.05) is 0 Å². The summed E-state index contributed by atoms with van der Waals surface area (Å²) in [6.07, 6.45) is 5.19. The van der Waals surface area contributed by atoms with Gasteiger partial charge in [0, 0.05) is 36.0 Å². The fourth-order valence-electron chi connectivity index (χ4n) is 3.55. The third kappa shape index (κ3) is 3.12. The second kappa shape index (κ2) is 6.24. The molecule has 2 fully saturated rings. The number of carbonyl (C=O) groups excluding carboxylic acids is 1. The fraction of sp³-hybridized carbons (Fsp3) is 0.368. The zero-order valence-corrected chi connectivity index (χ0v) is 13.7. The minimum atomic E-state index is -0.0191. The molecule has 4 rings (SSSR count). The topological polar surface area (TPSA) is 63.2 Å². The van der Waals surface area contributed by atoms with Crippen molar-refractivity contribution in [3.8, 4) is 11.6 Å². The summed E-state index contributed by atoms with van der Waals surface area (Å²) in [6, 6.07) is 12.2. The molecule has 0 saturated carbocycles. The molecule has 0 spiro atoms. The summed E-state index contributed by atoms with van der Waals surface area (Å²) in [4.78, 5) is 16.6. The average Bonchev–Trinajstić information content (AvgIpc) is 3.20. The molecule has 2 N–H and O–H groups in total. The molecule has 1 aromatic heterocycles. The van der Waals surface area contributed by atoms with Crippen molar-refractivity contribution in [1.82, 2.24) is 15.6 Å². The third-order valence-electron chi connectivity index (χ3n) is 4.84. The number of pyridine rings is 1. The number of carbonyl (C=O) groups is 1. The third-order valence-corrected chi connectivity index (χ3v) is 4.84. The summed E-state index contributed by atoms with van der Waals surface area (Å²) in [5.74, 6) is 1.20. The lowest BCUT2D eigenvalue weighted by Crippen LogP contribution is -2.42. The normalized spacial score (nSPS) is 24.8. The maximum atomic E-state index is 12.4. The molecule has 2 aromatic rings. The molecule has 24 heavy (non-hydrogen) atoms. The molecule has 2 aliphatic heterocycles. The molecule has 0 aliphatic carbocycles. The van der Waals surface area contributed by atoms with Crippen LogP contribution >= 0.6 is 0 Å². The number of hydrogen-bond donors (Lipinski definition) is 2. The predicted octanol–water partition coefficient (Wildman–Crippen LogP) is 2.81. The number of rotatable bonds is 4. The zero-order valence-electron chi connectivity index (χ0n) is 13.7. The van der Waals surface area contributed by atoms with E-state index in [0.29, 0.717) is 29.3 Å². The fourth-order valence-corrected chi connectivity index (χ4v) is 3.55. The van der Waals surface area contributed by atoms with Gasteiger partial charge in [-0.3, -0.25) is 4.79 Å². The SMILES string of the molecule is Cc1ccc(Oc2ccc(C(=O)NC3CC4CCC3N4)cc2)nc1. The molecule has 0 radical (unpaired) electrons. The Labute approximate surface area is 141 Å². The lowest BCUT2D eigenvalue weighted by molar-refractivity contribution is 0.0931. The van der Waals surface area contributed by atoms with Gasteiger partial charge in [-0.05, 0) is 56.0 Å². The van der Waals surface area contributed by atoms with Crippen molar-refractivity contribution in [1.29, 1.82) is 0 Å². The number of aromatic nitrogens is 1. The number of fused-ring (bicyclic) bond motifs is 2. The highest BCUT2D eigenvalue weighted by Gasteiger charge is 2.39. The van der Waals surface area contributed by atoms with Crippen molar-refractivity contribution in [2.45, 2.75) is 44.3 Å². The van der Waals surface area contributed by atoms with Gasteiger partial charge in [-0.15, -0.1) is 0 Å². The van der Waals surface area contributed by atoms with E-state index in [2.05, 4.69) is 15.6 Å². The lowest BCUT2D eigenvalue weighted by Gasteiger charge is -2.21. The van der Waals surface area contributed by atoms with Crippen molar-refractivity contribution in [3.63, 3.8) is 0 Å². The standard InChI is InChI=1S/C19H21N3O2/c1-12-2-9-18(20-11-12)24-15-6-3-13(4-7-15)19(23)22-17-10-14-5-8-16(17)21-14/h2-4,6-7,9,11,14,16-17,21H,5,8,10H2,1H3,(H,22,23). The quantitative estimate of drug-likeness (QED) is 0.908. The Morgan fingerprint density at radius 3 is 2.67 bits per heavy atom. The van der Waals surface area contributed by atoms with Gasteiger partial charge in [0.2, 0.25) is 5.88 Å². The molecule has 2 saturated heterocycles. The Bertz CT molecular complexity index is 727. The highest BCUT2D eigenvalue weighted by atomic mass is 16.5. The Hall–Kier alpha value is -2.40. The summed E-state index contributed by atoms with van der Waals surface area (Å²) in [5.41, 5.74) is 1.74. The van der Waals surface area contributed by atoms with Crippen LogP contribution in [0.1, 0.15) is 35.2 Å². The highest BCUT2D eigenvalue weighted by molar-refractivity contribution is 5.94. The van der Waals surface area contributed by atoms with Gasteiger partial charge in [-0.2, -0.15) is 0 Å². The van der Waals surface area contributed by atoms with E-state index < -0.39 is 0 Å². The maximum absolute atomic E-state index is 12.4. The monoisotopic (exact) mass is 323 g/mol. The van der Waals surface area contributed by atoms with E-state index in [1.807, 2.05) is 19.1 Å². The van der Waals surface area contributed by atoms with Gasteiger partial charge in [0.15, 0.2) is 0 Å². The zero-order chi connectivity index (χ0) is 16.5. The molecular weight excluding hydrogens is 302 g/mol. The van der Waals surface area contributed by atoms with E-state index in [1.165, 1.54) is 6.42 Å². The van der Waals surface area contributed by atoms with Crippen LogP contribution < -0.4 is 15.4 Å². The van der Waals surface area contributed by atoms with Crippen LogP contribution in [-0.2, 0) is 0 Å². The second-order valence-electron chi connectivity index (χ2n) is 6.66. The summed E-state index contributed by atoms with van der Waals surface area (Å²) in [5, 5.41) is 6.68. The van der Waals surface area contributed by atoms with Gasteiger partial charge in [-0.1, -0.05) is 6.07 Å². The molecular formula is C19H21N3O2. The first-order chi connectivity index (χ1) is 11.7. The van der Waals surface area contributed by atoms with E-state index in [0.717, 1.165) is 18.4 Å². The number of amides is 1. The molecule has 2 aliphatic rings. The molecule has 1 amide bonds. The summed E-state index contributed by atoms with van der Waals surface area (Å²) < 4.78 is 5.69. The van der Waals surface area contributed by atoms with Gasteiger partial charge in [0.25, 0.3) is 5.91 Å². The minimum Gasteiger partial charge on any atom is -0.439 e. The number of aryl methyl sites for hydroxylation is 1. The van der Waals surface area contributed by atoms with Crippen LogP contribution in [0.5, 0.6) is 11.6 Å². The smallest absolute Gasteiger partial charge is 0.251 e. The Kier molecular flexibility index (Phi) is 3.94. The number of nitrogens with zero attached hydrogens (tertiary/aromatic N) is 1. The second-order valence-corrected chi connectivity index (χ2v) is 6.66. The van der Waals surface area contributed by atoms with E-state index in [4.69, 9.17) is 4.74 Å². The lowest BCUT2D eigenvalue weighted by atomic mass is 9.95. The van der Waals surface area contributed by atoms with Crippen molar-refractivity contribution in [3.05, 3.63) is 53.7 Å². The first-order valence-electron chi connectivity index (χ1n) is 8.45. The van der Waals surface area contributed by atoms with Crippen molar-refractivity contribution in [2.24, 2.45) is 0 Å². The van der Waals surface area contributed by atoms with E-state index in [-0.39, 0.29) is 11.9 Å². The Balaban J connectivity index is 1.38. The molecule has 1 aromatic carbocycles. The van der Waals surface area contributed by atoms with Crippen molar-refractivity contribution < 1.29 is 9.53 Å². The summed E-state index contributed by atoms with van der Waals surface area (Å²) in [7, 11) is 0. The summed E-state index contributed by atoms with van der Waals surface area (Å²) >= 11 is 0. The first kappa shape index (κ1) is 15.1. The van der Waals surface area contributed by atoms with Crippen molar-refractivity contribution >= 4 is 5.91 Å². The average molecular weight is 323 g/mol. The summed E-state index contributed by atoms with van der Waals surface area (Å²) in [6.45, 7) is 1.98. The van der Waals surface area contributed by atoms with Crippen LogP contribution in [0.3, 0.4) is 0 Å². The molecule has 3 atom stereocenters. The number of benzene rings is 1. The van der Waals surface area contributed by atoms with Gasteiger partial charge in [0.1, 0.15) is 5.75 Å². The first-order valence-corrected chi connectivity index (χ1v) is 8.45. The Morgan fingerprint density at radius 2 is 2.04 bits per heavy atom. The van der Waals surface area contributed by atoms with Crippen LogP contribution in [0.2, 0.25) is 0 Å². The number of ether oxygens (including phenoxy) is 1. The van der Waals surface area contributed by atoms with E-state index >= 15 is 0 Å². The van der Waals surface area contributed by atoms with E-state index in [9.17, 15) is 4.79 Å². The van der Waals surface area contributed by atoms with Crippen LogP contribution in [0.15, 0.2) is 42.6 Å². The van der Waals surface area contributed by atoms with Gasteiger partial charge in [0.05, 0.1) is 0 Å². The maximum Gasteiger partial charge on any atom is 0.251 e. The van der Waals surface area contributed by atoms with Crippen LogP contribution in [0.25, 0.3) is 0 Å². The number of hydrogen-bond acceptors (Lipinski definition) is 4. The minimum absolute atomic E-state index is 0.0191. The molecule has 3 unspecified atom stereocenters. The molecule has 5 heteroatoms. The van der Waals surface area contributed by atoms with E-state index in [1.54, 1.807) is 30.5 Å². The van der Waals surface area contributed by atoms with Crippen LogP contribution in [-0.4, -0.2) is 29.0 Å². The van der Waals surface area contributed by atoms with Crippen LogP contribution in [0.4, 0.5) is 0 Å². The molecule has 2 bridgehead atoms. The molecule has 5 nitrogen and oxygen atoms in total. The molecule has 3 heterocycles. The predicted molar refractivity (Wildman–Crippen MR) is 91.3 cm³/mol. The van der Waals surface area contributed by atoms with Gasteiger partial charge < -0.3 is 15.4 Å². The molecule has 124 valence electrons. The number of nitrogens with one attached hydrogen (secondary N) is 2. The van der Waals surface area contributed by atoms with Gasteiger partial charge >= 0.3 is 0 Å². The van der Waals surface area contributed by atoms with Gasteiger partial charge in [-0.25, -0.2) is 4.98 Å². The Morgan fingerprint density at radius 1 is 1.21 bits per heavy atom. The largest absolute Gasteiger partial charge is 0.439 e. The van der Waals surface area contributed by atoms with Crippen LogP contribution in [0, 0.1) is 6.92 Å².